The zero-order chi connectivity index (χ0) is 13.5. The zero-order valence-corrected chi connectivity index (χ0v) is 16.3. The van der Waals surface area contributed by atoms with Gasteiger partial charge in [0.1, 0.15) is 0 Å². The summed E-state index contributed by atoms with van der Waals surface area (Å²) in [7, 11) is 1.80. The Labute approximate surface area is 149 Å². The van der Waals surface area contributed by atoms with Gasteiger partial charge in [0.15, 0.2) is 5.96 Å². The fourth-order valence-electron chi connectivity index (χ4n) is 2.03. The van der Waals surface area contributed by atoms with Crippen molar-refractivity contribution in [1.82, 2.24) is 10.6 Å². The first-order chi connectivity index (χ1) is 9.28. The molecule has 0 radical (unpaired) electrons. The maximum absolute atomic E-state index is 5.58. The number of guanidine groups is 1. The largest absolute Gasteiger partial charge is 0.376 e. The molecule has 4 nitrogen and oxygen atoms in total. The number of halogens is 2. The third-order valence-electron chi connectivity index (χ3n) is 3.04. The number of hydrogen-bond donors (Lipinski definition) is 2. The maximum atomic E-state index is 5.58. The van der Waals surface area contributed by atoms with Crippen LogP contribution in [0, 0.1) is 0 Å². The van der Waals surface area contributed by atoms with Gasteiger partial charge in [0, 0.05) is 31.6 Å². The molecular weight excluding hydrogens is 453 g/mol. The Morgan fingerprint density at radius 1 is 1.50 bits per heavy atom. The predicted molar refractivity (Wildman–Crippen MR) is 99.5 cm³/mol. The third-order valence-corrected chi connectivity index (χ3v) is 4.72. The summed E-state index contributed by atoms with van der Waals surface area (Å²) in [5.41, 5.74) is 0. The van der Waals surface area contributed by atoms with Crippen LogP contribution < -0.4 is 10.6 Å². The van der Waals surface area contributed by atoms with E-state index in [-0.39, 0.29) is 24.0 Å². The summed E-state index contributed by atoms with van der Waals surface area (Å²) in [4.78, 5) is 5.59. The second kappa shape index (κ2) is 9.97. The Morgan fingerprint density at radius 2 is 2.35 bits per heavy atom. The van der Waals surface area contributed by atoms with Crippen molar-refractivity contribution in [1.29, 1.82) is 0 Å². The smallest absolute Gasteiger partial charge is 0.191 e. The average Bonchev–Trinajstić information content (AvgIpc) is 3.05. The minimum atomic E-state index is 0. The molecule has 0 bridgehead atoms. The lowest BCUT2D eigenvalue weighted by atomic mass is 10.2. The van der Waals surface area contributed by atoms with Crippen molar-refractivity contribution < 1.29 is 4.74 Å². The highest BCUT2D eigenvalue weighted by Gasteiger charge is 2.15. The number of nitrogens with one attached hydrogen (secondary N) is 2. The van der Waals surface area contributed by atoms with Gasteiger partial charge < -0.3 is 15.4 Å². The first-order valence-electron chi connectivity index (χ1n) is 6.58. The van der Waals surface area contributed by atoms with Crippen LogP contribution >= 0.6 is 51.2 Å². The van der Waals surface area contributed by atoms with E-state index in [4.69, 9.17) is 4.74 Å². The molecule has 0 spiro atoms. The van der Waals surface area contributed by atoms with Gasteiger partial charge in [0.2, 0.25) is 0 Å². The second-order valence-corrected chi connectivity index (χ2v) is 7.02. The van der Waals surface area contributed by atoms with Gasteiger partial charge in [-0.25, -0.2) is 0 Å². The monoisotopic (exact) mass is 473 g/mol. The molecule has 1 atom stereocenters. The molecule has 1 aromatic heterocycles. The van der Waals surface area contributed by atoms with Crippen molar-refractivity contribution in [3.63, 3.8) is 0 Å². The van der Waals surface area contributed by atoms with Crippen LogP contribution in [-0.4, -0.2) is 38.8 Å². The van der Waals surface area contributed by atoms with Gasteiger partial charge in [-0.1, -0.05) is 0 Å². The number of ether oxygens (including phenoxy) is 1. The van der Waals surface area contributed by atoms with Crippen molar-refractivity contribution in [2.45, 2.75) is 25.4 Å². The van der Waals surface area contributed by atoms with Crippen molar-refractivity contribution in [2.24, 2.45) is 4.99 Å². The Balaban J connectivity index is 0.00000200. The fraction of sp³-hybridized carbons (Fsp3) is 0.615. The molecule has 0 aromatic carbocycles. The minimum Gasteiger partial charge on any atom is -0.376 e. The summed E-state index contributed by atoms with van der Waals surface area (Å²) in [5, 5.41) is 6.64. The van der Waals surface area contributed by atoms with Crippen LogP contribution in [-0.2, 0) is 11.2 Å². The maximum Gasteiger partial charge on any atom is 0.191 e. The molecule has 20 heavy (non-hydrogen) atoms. The minimum absolute atomic E-state index is 0. The summed E-state index contributed by atoms with van der Waals surface area (Å²) in [5.74, 6) is 0.853. The molecule has 0 aliphatic carbocycles. The Morgan fingerprint density at radius 3 is 2.95 bits per heavy atom. The summed E-state index contributed by atoms with van der Waals surface area (Å²) >= 11 is 5.25. The van der Waals surface area contributed by atoms with Crippen LogP contribution in [0.15, 0.2) is 20.9 Å². The highest BCUT2D eigenvalue weighted by Crippen LogP contribution is 2.21. The predicted octanol–water partition coefficient (Wildman–Crippen LogP) is 3.02. The molecule has 7 heteroatoms. The molecule has 114 valence electrons. The lowest BCUT2D eigenvalue weighted by Crippen LogP contribution is -2.41. The van der Waals surface area contributed by atoms with Crippen LogP contribution in [0.2, 0.25) is 0 Å². The molecule has 2 N–H and O–H groups in total. The molecule has 2 rings (SSSR count). The van der Waals surface area contributed by atoms with Gasteiger partial charge in [-0.2, -0.15) is 0 Å². The summed E-state index contributed by atoms with van der Waals surface area (Å²) in [6, 6.07) is 4.24. The van der Waals surface area contributed by atoms with E-state index in [1.807, 2.05) is 0 Å². The van der Waals surface area contributed by atoms with E-state index in [0.717, 1.165) is 38.5 Å². The molecule has 1 fully saturated rings. The zero-order valence-electron chi connectivity index (χ0n) is 11.5. The molecule has 0 amide bonds. The topological polar surface area (TPSA) is 45.7 Å². The molecule has 1 saturated heterocycles. The summed E-state index contributed by atoms with van der Waals surface area (Å²) in [6.45, 7) is 2.62. The van der Waals surface area contributed by atoms with Gasteiger partial charge in [-0.15, -0.1) is 35.3 Å². The first kappa shape index (κ1) is 18.2. The summed E-state index contributed by atoms with van der Waals surface area (Å²) < 4.78 is 6.76. The van der Waals surface area contributed by atoms with Crippen molar-refractivity contribution in [3.8, 4) is 0 Å². The van der Waals surface area contributed by atoms with Gasteiger partial charge in [0.05, 0.1) is 9.89 Å². The quantitative estimate of drug-likeness (QED) is 0.392. The molecular formula is C13H21BrIN3OS. The highest BCUT2D eigenvalue weighted by atomic mass is 127. The normalized spacial score (nSPS) is 18.7. The molecule has 1 aliphatic rings. The standard InChI is InChI=1S/C13H20BrN3OS.HI/c1-15-13(17-9-10-3-2-8-18-10)16-7-6-11-4-5-12(14)19-11;/h4-5,10H,2-3,6-9H2,1H3,(H2,15,16,17);1H. The van der Waals surface area contributed by atoms with Gasteiger partial charge in [0.25, 0.3) is 0 Å². The third kappa shape index (κ3) is 6.28. The van der Waals surface area contributed by atoms with Crippen LogP contribution in [0.25, 0.3) is 0 Å². The molecule has 2 heterocycles. The lowest BCUT2D eigenvalue weighted by molar-refractivity contribution is 0.114. The Bertz CT molecular complexity index is 422. The van der Waals surface area contributed by atoms with Crippen LogP contribution in [0.4, 0.5) is 0 Å². The fourth-order valence-corrected chi connectivity index (χ4v) is 3.51. The highest BCUT2D eigenvalue weighted by molar-refractivity contribution is 14.0. The second-order valence-electron chi connectivity index (χ2n) is 4.47. The number of hydrogen-bond acceptors (Lipinski definition) is 3. The van der Waals surface area contributed by atoms with E-state index < -0.39 is 0 Å². The number of nitrogens with zero attached hydrogens (tertiary/aromatic N) is 1. The van der Waals surface area contributed by atoms with Crippen molar-refractivity contribution in [2.75, 3.05) is 26.7 Å². The van der Waals surface area contributed by atoms with Gasteiger partial charge >= 0.3 is 0 Å². The van der Waals surface area contributed by atoms with Crippen LogP contribution in [0.3, 0.4) is 0 Å². The number of rotatable bonds is 5. The van der Waals surface area contributed by atoms with E-state index in [0.29, 0.717) is 6.10 Å². The molecule has 0 saturated carbocycles. The Kier molecular flexibility index (Phi) is 9.06. The van der Waals surface area contributed by atoms with E-state index in [9.17, 15) is 0 Å². The van der Waals surface area contributed by atoms with Crippen LogP contribution in [0.5, 0.6) is 0 Å². The van der Waals surface area contributed by atoms with Gasteiger partial charge in [-0.05, 0) is 47.3 Å². The first-order valence-corrected chi connectivity index (χ1v) is 8.19. The average molecular weight is 474 g/mol. The van der Waals surface area contributed by atoms with Gasteiger partial charge in [-0.3, -0.25) is 4.99 Å². The van der Waals surface area contributed by atoms with E-state index in [1.54, 1.807) is 18.4 Å². The van der Waals surface area contributed by atoms with E-state index >= 15 is 0 Å². The number of aliphatic imine (C=N–C) groups is 1. The lowest BCUT2D eigenvalue weighted by Gasteiger charge is -2.14. The summed E-state index contributed by atoms with van der Waals surface area (Å²) in [6.07, 6.45) is 3.67. The van der Waals surface area contributed by atoms with Crippen molar-refractivity contribution in [3.05, 3.63) is 20.8 Å². The Hall–Kier alpha value is 0.140. The van der Waals surface area contributed by atoms with Crippen LogP contribution in [0.1, 0.15) is 17.7 Å². The van der Waals surface area contributed by atoms with Crippen molar-refractivity contribution >= 4 is 57.2 Å². The molecule has 1 aromatic rings. The van der Waals surface area contributed by atoms with E-state index in [2.05, 4.69) is 43.7 Å². The molecule has 1 aliphatic heterocycles. The SMILES string of the molecule is CN=C(NCCc1ccc(Br)s1)NCC1CCCO1.I. The number of thiophene rings is 1. The molecule has 1 unspecified atom stereocenters. The van der Waals surface area contributed by atoms with E-state index in [1.165, 1.54) is 15.1 Å².